The van der Waals surface area contributed by atoms with E-state index in [0.29, 0.717) is 0 Å². The molecule has 3 aliphatic rings. The number of hydrogen-bond donors (Lipinski definition) is 0. The molecule has 0 radical (unpaired) electrons. The molecular weight excluding hydrogens is 346 g/mol. The average Bonchev–Trinajstić information content (AvgIpc) is 3.21. The van der Waals surface area contributed by atoms with Crippen molar-refractivity contribution in [2.75, 3.05) is 32.5 Å². The number of pyridine rings is 1. The first-order valence-electron chi connectivity index (χ1n) is 8.59. The standard InChI is InChI=1S/C20H21N3O2S/c1-22-7-8-26(2)13-23(12-17(26)11-22)6-5-16-4-3-15-9-19-20(25-14-24-19)10-18(15)21-16/h3-10,12H,11,13-14H2,1-2H3. The molecule has 0 aliphatic carbocycles. The van der Waals surface area contributed by atoms with Gasteiger partial charge in [-0.3, -0.25) is 0 Å². The second-order valence-electron chi connectivity index (χ2n) is 7.05. The Balaban J connectivity index is 1.40. The molecule has 0 spiro atoms. The van der Waals surface area contributed by atoms with Gasteiger partial charge >= 0.3 is 0 Å². The van der Waals surface area contributed by atoms with Crippen LogP contribution < -0.4 is 9.47 Å². The van der Waals surface area contributed by atoms with E-state index in [2.05, 4.69) is 59.3 Å². The lowest BCUT2D eigenvalue weighted by molar-refractivity contribution is 0.174. The zero-order valence-electron chi connectivity index (χ0n) is 14.9. The summed E-state index contributed by atoms with van der Waals surface area (Å²) >= 11 is 0. The van der Waals surface area contributed by atoms with E-state index in [-0.39, 0.29) is 6.79 Å². The molecule has 5 nitrogen and oxygen atoms in total. The van der Waals surface area contributed by atoms with Crippen molar-refractivity contribution in [1.82, 2.24) is 14.8 Å². The highest BCUT2D eigenvalue weighted by Crippen LogP contribution is 2.59. The highest BCUT2D eigenvalue weighted by Gasteiger charge is 2.31. The molecule has 1 aromatic heterocycles. The summed E-state index contributed by atoms with van der Waals surface area (Å²) in [5.74, 6) is 2.62. The Morgan fingerprint density at radius 2 is 2.04 bits per heavy atom. The maximum atomic E-state index is 5.46. The number of benzene rings is 1. The Kier molecular flexibility index (Phi) is 3.43. The van der Waals surface area contributed by atoms with Crippen LogP contribution in [0.1, 0.15) is 5.69 Å². The summed E-state index contributed by atoms with van der Waals surface area (Å²) in [7, 11) is 1.31. The fraction of sp³-hybridized carbons (Fsp3) is 0.250. The van der Waals surface area contributed by atoms with E-state index in [0.717, 1.165) is 40.5 Å². The summed E-state index contributed by atoms with van der Waals surface area (Å²) in [6.45, 7) is 1.31. The van der Waals surface area contributed by atoms with Crippen molar-refractivity contribution in [2.24, 2.45) is 0 Å². The number of ether oxygens (including phenoxy) is 2. The van der Waals surface area contributed by atoms with Gasteiger partial charge in [-0.05, 0) is 29.9 Å². The van der Waals surface area contributed by atoms with Gasteiger partial charge in [-0.15, -0.1) is 0 Å². The molecule has 1 aromatic carbocycles. The molecule has 3 aliphatic heterocycles. The zero-order valence-corrected chi connectivity index (χ0v) is 15.7. The minimum absolute atomic E-state index is 0.285. The van der Waals surface area contributed by atoms with Gasteiger partial charge in [0.05, 0.1) is 17.1 Å². The van der Waals surface area contributed by atoms with Gasteiger partial charge in [-0.1, -0.05) is 6.07 Å². The molecule has 2 aromatic rings. The molecule has 0 bridgehead atoms. The summed E-state index contributed by atoms with van der Waals surface area (Å²) in [6.07, 6.45) is 11.1. The first-order chi connectivity index (χ1) is 12.6. The van der Waals surface area contributed by atoms with Crippen LogP contribution in [0.5, 0.6) is 11.5 Å². The van der Waals surface area contributed by atoms with Crippen LogP contribution >= 0.6 is 10.0 Å². The van der Waals surface area contributed by atoms with Crippen LogP contribution in [0.2, 0.25) is 0 Å². The van der Waals surface area contributed by atoms with Gasteiger partial charge in [-0.2, -0.15) is 10.0 Å². The molecular formula is C20H21N3O2S. The Morgan fingerprint density at radius 3 is 2.92 bits per heavy atom. The second kappa shape index (κ2) is 5.71. The zero-order chi connectivity index (χ0) is 17.7. The smallest absolute Gasteiger partial charge is 0.231 e. The van der Waals surface area contributed by atoms with Crippen LogP contribution in [0.25, 0.3) is 17.0 Å². The molecule has 1 atom stereocenters. The van der Waals surface area contributed by atoms with Crippen LogP contribution in [-0.4, -0.2) is 47.3 Å². The minimum Gasteiger partial charge on any atom is -0.454 e. The number of fused-ring (bicyclic) bond motifs is 3. The highest BCUT2D eigenvalue weighted by atomic mass is 32.3. The molecule has 0 saturated heterocycles. The molecule has 26 heavy (non-hydrogen) atoms. The molecule has 1 unspecified atom stereocenters. The van der Waals surface area contributed by atoms with Crippen LogP contribution in [0.3, 0.4) is 0 Å². The van der Waals surface area contributed by atoms with Gasteiger partial charge in [0.25, 0.3) is 0 Å². The van der Waals surface area contributed by atoms with Crippen molar-refractivity contribution in [1.29, 1.82) is 0 Å². The van der Waals surface area contributed by atoms with Crippen molar-refractivity contribution in [3.63, 3.8) is 0 Å². The minimum atomic E-state index is -0.811. The second-order valence-corrected chi connectivity index (χ2v) is 10.4. The van der Waals surface area contributed by atoms with Crippen molar-refractivity contribution in [3.8, 4) is 11.5 Å². The van der Waals surface area contributed by atoms with Gasteiger partial charge in [0.15, 0.2) is 11.5 Å². The lowest BCUT2D eigenvalue weighted by atomic mass is 10.2. The van der Waals surface area contributed by atoms with Gasteiger partial charge in [0.2, 0.25) is 6.79 Å². The summed E-state index contributed by atoms with van der Waals surface area (Å²) in [4.78, 5) is 10.8. The normalized spacial score (nSPS) is 26.3. The van der Waals surface area contributed by atoms with E-state index in [1.165, 1.54) is 4.91 Å². The highest BCUT2D eigenvalue weighted by molar-refractivity contribution is 8.38. The van der Waals surface area contributed by atoms with Gasteiger partial charge in [0, 0.05) is 48.6 Å². The number of hydrogen-bond acceptors (Lipinski definition) is 5. The van der Waals surface area contributed by atoms with Crippen molar-refractivity contribution in [2.45, 2.75) is 0 Å². The Morgan fingerprint density at radius 1 is 1.19 bits per heavy atom. The fourth-order valence-corrected chi connectivity index (χ4v) is 6.03. The van der Waals surface area contributed by atoms with Gasteiger partial charge in [0.1, 0.15) is 0 Å². The van der Waals surface area contributed by atoms with Gasteiger partial charge in [-0.25, -0.2) is 4.98 Å². The molecule has 0 fully saturated rings. The average molecular weight is 367 g/mol. The molecule has 4 heterocycles. The molecule has 6 heteroatoms. The molecule has 0 N–H and O–H groups in total. The lowest BCUT2D eigenvalue weighted by Gasteiger charge is -2.36. The van der Waals surface area contributed by atoms with E-state index >= 15 is 0 Å². The molecule has 0 amide bonds. The van der Waals surface area contributed by atoms with E-state index < -0.39 is 10.0 Å². The van der Waals surface area contributed by atoms with Crippen LogP contribution in [-0.2, 0) is 0 Å². The Hall–Kier alpha value is -2.60. The number of nitrogens with zero attached hydrogens (tertiary/aromatic N) is 3. The van der Waals surface area contributed by atoms with E-state index in [1.54, 1.807) is 0 Å². The van der Waals surface area contributed by atoms with E-state index in [4.69, 9.17) is 14.5 Å². The monoisotopic (exact) mass is 367 g/mol. The van der Waals surface area contributed by atoms with Crippen molar-refractivity contribution >= 4 is 27.0 Å². The third-order valence-corrected chi connectivity index (χ3v) is 7.98. The maximum Gasteiger partial charge on any atom is 0.231 e. The third kappa shape index (κ3) is 2.61. The fourth-order valence-electron chi connectivity index (χ4n) is 3.47. The summed E-state index contributed by atoms with van der Waals surface area (Å²) in [6, 6.07) is 8.06. The van der Waals surface area contributed by atoms with Crippen LogP contribution in [0.4, 0.5) is 0 Å². The summed E-state index contributed by atoms with van der Waals surface area (Å²) in [5.41, 5.74) is 1.87. The number of aromatic nitrogens is 1. The first kappa shape index (κ1) is 15.6. The molecule has 0 saturated carbocycles. The SMILES string of the molecule is CN1C=CS2(C)CN(C=Cc3ccc4cc5c(cc4n3)OCO5)C=C2C1. The summed E-state index contributed by atoms with van der Waals surface area (Å²) in [5, 5.41) is 3.44. The molecule has 134 valence electrons. The van der Waals surface area contributed by atoms with E-state index in [1.807, 2.05) is 18.2 Å². The molecule has 5 rings (SSSR count). The largest absolute Gasteiger partial charge is 0.454 e. The van der Waals surface area contributed by atoms with E-state index in [9.17, 15) is 0 Å². The first-order valence-corrected chi connectivity index (χ1v) is 10.9. The Labute approximate surface area is 154 Å². The lowest BCUT2D eigenvalue weighted by Crippen LogP contribution is -2.21. The quantitative estimate of drug-likeness (QED) is 0.805. The van der Waals surface area contributed by atoms with Crippen LogP contribution in [0.15, 0.2) is 53.2 Å². The van der Waals surface area contributed by atoms with Crippen LogP contribution in [0, 0.1) is 0 Å². The van der Waals surface area contributed by atoms with Crippen molar-refractivity contribution in [3.05, 3.63) is 58.9 Å². The maximum absolute atomic E-state index is 5.46. The number of likely N-dealkylation sites (N-methyl/N-ethyl adjacent to an activating group) is 1. The van der Waals surface area contributed by atoms with Gasteiger partial charge < -0.3 is 19.3 Å². The number of rotatable bonds is 2. The van der Waals surface area contributed by atoms with Crippen molar-refractivity contribution < 1.29 is 9.47 Å². The third-order valence-electron chi connectivity index (χ3n) is 4.99. The topological polar surface area (TPSA) is 37.8 Å². The predicted octanol–water partition coefficient (Wildman–Crippen LogP) is 3.90. The Bertz CT molecular complexity index is 984. The predicted molar refractivity (Wildman–Crippen MR) is 107 cm³/mol. The summed E-state index contributed by atoms with van der Waals surface area (Å²) < 4.78 is 10.9.